The summed E-state index contributed by atoms with van der Waals surface area (Å²) in [6, 6.07) is 11.1. The highest BCUT2D eigenvalue weighted by Gasteiger charge is 2.11. The van der Waals surface area contributed by atoms with Crippen LogP contribution in [-0.2, 0) is 11.3 Å². The molecule has 0 spiro atoms. The Kier molecular flexibility index (Phi) is 6.72. The molecule has 0 fully saturated rings. The fraction of sp³-hybridized carbons (Fsp3) is 0.278. The number of thiophene rings is 1. The minimum absolute atomic E-state index is 0.0703. The van der Waals surface area contributed by atoms with E-state index in [2.05, 4.69) is 20.8 Å². The lowest BCUT2D eigenvalue weighted by molar-refractivity contribution is -0.116. The van der Waals surface area contributed by atoms with Crippen LogP contribution in [0.5, 0.6) is 0 Å². The normalized spacial score (nSPS) is 10.7. The van der Waals surface area contributed by atoms with Gasteiger partial charge in [0, 0.05) is 22.6 Å². The average molecular weight is 402 g/mol. The van der Waals surface area contributed by atoms with E-state index in [1.165, 1.54) is 23.6 Å². The van der Waals surface area contributed by atoms with Crippen molar-refractivity contribution in [2.75, 3.05) is 11.1 Å². The number of anilines is 1. The summed E-state index contributed by atoms with van der Waals surface area (Å²) in [4.78, 5) is 24.9. The lowest BCUT2D eigenvalue weighted by Gasteiger charge is -2.08. The summed E-state index contributed by atoms with van der Waals surface area (Å²) in [5.74, 6) is 0.550. The largest absolute Gasteiger partial charge is 0.325 e. The van der Waals surface area contributed by atoms with Crippen LogP contribution < -0.4 is 5.32 Å². The first kappa shape index (κ1) is 19.2. The number of carbonyl (C=O) groups is 2. The Morgan fingerprint density at radius 3 is 2.85 bits per heavy atom. The van der Waals surface area contributed by atoms with E-state index < -0.39 is 0 Å². The van der Waals surface area contributed by atoms with Gasteiger partial charge < -0.3 is 5.32 Å². The molecule has 0 radical (unpaired) electrons. The van der Waals surface area contributed by atoms with Gasteiger partial charge in [0.1, 0.15) is 0 Å². The predicted octanol–water partition coefficient (Wildman–Crippen LogP) is 3.50. The zero-order valence-electron chi connectivity index (χ0n) is 14.8. The van der Waals surface area contributed by atoms with Crippen molar-refractivity contribution in [1.29, 1.82) is 0 Å². The van der Waals surface area contributed by atoms with E-state index in [9.17, 15) is 9.59 Å². The van der Waals surface area contributed by atoms with Gasteiger partial charge in [0.2, 0.25) is 11.1 Å². The van der Waals surface area contributed by atoms with Crippen LogP contribution in [0.15, 0.2) is 46.9 Å². The van der Waals surface area contributed by atoms with Gasteiger partial charge in [-0.2, -0.15) is 0 Å². The first-order chi connectivity index (χ1) is 13.1. The highest BCUT2D eigenvalue weighted by Crippen LogP contribution is 2.19. The van der Waals surface area contributed by atoms with Crippen LogP contribution in [0.1, 0.15) is 35.0 Å². The summed E-state index contributed by atoms with van der Waals surface area (Å²) < 4.78 is 1.76. The van der Waals surface area contributed by atoms with Gasteiger partial charge in [0.25, 0.3) is 0 Å². The molecule has 3 aromatic rings. The van der Waals surface area contributed by atoms with E-state index in [0.717, 1.165) is 10.9 Å². The Balaban J connectivity index is 1.45. The number of thioether (sulfide) groups is 1. The van der Waals surface area contributed by atoms with E-state index in [0.29, 0.717) is 30.6 Å². The molecule has 1 amide bonds. The molecule has 140 valence electrons. The topological polar surface area (TPSA) is 89.8 Å². The molecule has 1 aromatic carbocycles. The number of aromatic nitrogens is 4. The second kappa shape index (κ2) is 9.43. The molecule has 1 N–H and O–H groups in total. The molecular formula is C18H19N5O2S2. The predicted molar refractivity (Wildman–Crippen MR) is 106 cm³/mol. The fourth-order valence-electron chi connectivity index (χ4n) is 2.46. The maximum Gasteiger partial charge on any atom is 0.224 e. The number of amides is 1. The molecule has 0 unspecified atom stereocenters. The van der Waals surface area contributed by atoms with Gasteiger partial charge in [-0.1, -0.05) is 30.0 Å². The van der Waals surface area contributed by atoms with Gasteiger partial charge in [-0.15, -0.1) is 16.4 Å². The molecular weight excluding hydrogens is 382 g/mol. The zero-order valence-corrected chi connectivity index (χ0v) is 16.4. The molecule has 7 nitrogen and oxygen atoms in total. The second-order valence-corrected chi connectivity index (χ2v) is 7.89. The van der Waals surface area contributed by atoms with Crippen LogP contribution in [0.4, 0.5) is 5.69 Å². The van der Waals surface area contributed by atoms with Crippen LogP contribution in [0, 0.1) is 0 Å². The zero-order chi connectivity index (χ0) is 19.1. The van der Waals surface area contributed by atoms with Gasteiger partial charge in [0.15, 0.2) is 5.78 Å². The molecule has 2 heterocycles. The van der Waals surface area contributed by atoms with Crippen molar-refractivity contribution in [1.82, 2.24) is 20.2 Å². The number of para-hydroxylation sites is 1. The van der Waals surface area contributed by atoms with Gasteiger partial charge in [-0.05, 0) is 47.4 Å². The number of ketones is 1. The number of tetrazole rings is 1. The van der Waals surface area contributed by atoms with E-state index in [4.69, 9.17) is 0 Å². The Morgan fingerprint density at radius 1 is 1.22 bits per heavy atom. The monoisotopic (exact) mass is 401 g/mol. The smallest absolute Gasteiger partial charge is 0.224 e. The SMILES string of the molecule is CC(=O)c1ccccc1NC(=O)CCCSc1nnnn1Cc1cccs1. The van der Waals surface area contributed by atoms with Crippen LogP contribution in [0.25, 0.3) is 0 Å². The van der Waals surface area contributed by atoms with Gasteiger partial charge >= 0.3 is 0 Å². The minimum Gasteiger partial charge on any atom is -0.325 e. The van der Waals surface area contributed by atoms with Gasteiger partial charge in [-0.3, -0.25) is 9.59 Å². The summed E-state index contributed by atoms with van der Waals surface area (Å²) in [6.45, 7) is 2.14. The lowest BCUT2D eigenvalue weighted by Crippen LogP contribution is -2.14. The number of hydrogen-bond acceptors (Lipinski definition) is 7. The van der Waals surface area contributed by atoms with Crippen molar-refractivity contribution < 1.29 is 9.59 Å². The Hall–Kier alpha value is -2.52. The van der Waals surface area contributed by atoms with E-state index in [1.54, 1.807) is 40.3 Å². The van der Waals surface area contributed by atoms with E-state index in [1.807, 2.05) is 17.5 Å². The van der Waals surface area contributed by atoms with E-state index in [-0.39, 0.29) is 11.7 Å². The molecule has 0 aliphatic heterocycles. The Morgan fingerprint density at radius 2 is 2.07 bits per heavy atom. The third kappa shape index (κ3) is 5.48. The minimum atomic E-state index is -0.109. The molecule has 0 saturated carbocycles. The first-order valence-corrected chi connectivity index (χ1v) is 10.3. The number of rotatable bonds is 9. The molecule has 3 rings (SSSR count). The summed E-state index contributed by atoms with van der Waals surface area (Å²) >= 11 is 3.19. The van der Waals surface area contributed by atoms with Crippen molar-refractivity contribution in [3.05, 3.63) is 52.2 Å². The first-order valence-electron chi connectivity index (χ1n) is 8.44. The summed E-state index contributed by atoms with van der Waals surface area (Å²) in [6.07, 6.45) is 1.05. The van der Waals surface area contributed by atoms with Crippen molar-refractivity contribution in [2.45, 2.75) is 31.5 Å². The molecule has 0 saturated heterocycles. The van der Waals surface area contributed by atoms with Crippen molar-refractivity contribution in [2.24, 2.45) is 0 Å². The number of hydrogen-bond donors (Lipinski definition) is 1. The van der Waals surface area contributed by atoms with Crippen LogP contribution in [0.3, 0.4) is 0 Å². The lowest BCUT2D eigenvalue weighted by atomic mass is 10.1. The van der Waals surface area contributed by atoms with Gasteiger partial charge in [0.05, 0.1) is 12.2 Å². The number of carbonyl (C=O) groups excluding carboxylic acids is 2. The maximum atomic E-state index is 12.2. The quantitative estimate of drug-likeness (QED) is 0.335. The average Bonchev–Trinajstić information content (AvgIpc) is 3.32. The van der Waals surface area contributed by atoms with Crippen LogP contribution in [0.2, 0.25) is 0 Å². The number of benzene rings is 1. The highest BCUT2D eigenvalue weighted by atomic mass is 32.2. The Bertz CT molecular complexity index is 908. The third-order valence-corrected chi connectivity index (χ3v) is 5.65. The third-order valence-electron chi connectivity index (χ3n) is 3.74. The van der Waals surface area contributed by atoms with Crippen molar-refractivity contribution >= 4 is 40.5 Å². The molecule has 0 aliphatic rings. The van der Waals surface area contributed by atoms with Crippen LogP contribution in [-0.4, -0.2) is 37.7 Å². The molecule has 2 aromatic heterocycles. The molecule has 0 atom stereocenters. The highest BCUT2D eigenvalue weighted by molar-refractivity contribution is 7.99. The second-order valence-electron chi connectivity index (χ2n) is 5.80. The number of nitrogens with zero attached hydrogens (tertiary/aromatic N) is 4. The van der Waals surface area contributed by atoms with Crippen molar-refractivity contribution in [3.8, 4) is 0 Å². The molecule has 0 bridgehead atoms. The maximum absolute atomic E-state index is 12.2. The molecule has 9 heteroatoms. The van der Waals surface area contributed by atoms with Gasteiger partial charge in [-0.25, -0.2) is 4.68 Å². The van der Waals surface area contributed by atoms with E-state index >= 15 is 0 Å². The Labute approximate surface area is 165 Å². The molecule has 0 aliphatic carbocycles. The number of nitrogens with one attached hydrogen (secondary N) is 1. The summed E-state index contributed by atoms with van der Waals surface area (Å²) in [5, 5.41) is 17.4. The molecule has 27 heavy (non-hydrogen) atoms. The van der Waals surface area contributed by atoms with Crippen molar-refractivity contribution in [3.63, 3.8) is 0 Å². The number of Topliss-reactive ketones (excluding diaryl/α,β-unsaturated/α-hetero) is 1. The standard InChI is InChI=1S/C18H19N5O2S2/c1-13(24)15-7-2-3-8-16(15)19-17(25)9-5-11-27-18-20-21-22-23(18)12-14-6-4-10-26-14/h2-4,6-8,10H,5,9,11-12H2,1H3,(H,19,25). The summed E-state index contributed by atoms with van der Waals surface area (Å²) in [5.41, 5.74) is 1.08. The fourth-order valence-corrected chi connectivity index (χ4v) is 3.96. The summed E-state index contributed by atoms with van der Waals surface area (Å²) in [7, 11) is 0. The van der Waals surface area contributed by atoms with Crippen LogP contribution >= 0.6 is 23.1 Å².